The SMILES string of the molecule is Cc1cccc(C(C)C)c1N/C=C(/C#N)C(=O)NCc1cccnc1. The van der Waals surface area contributed by atoms with Gasteiger partial charge in [-0.1, -0.05) is 38.1 Å². The van der Waals surface area contributed by atoms with Crippen molar-refractivity contribution in [2.45, 2.75) is 33.2 Å². The number of carbonyl (C=O) groups excluding carboxylic acids is 1. The number of carbonyl (C=O) groups is 1. The van der Waals surface area contributed by atoms with Gasteiger partial charge in [-0.15, -0.1) is 0 Å². The lowest BCUT2D eigenvalue weighted by Gasteiger charge is -2.15. The van der Waals surface area contributed by atoms with Crippen LogP contribution in [-0.4, -0.2) is 10.9 Å². The third-order valence-corrected chi connectivity index (χ3v) is 3.83. The van der Waals surface area contributed by atoms with Gasteiger partial charge in [-0.3, -0.25) is 9.78 Å². The molecule has 0 unspecified atom stereocenters. The zero-order valence-corrected chi connectivity index (χ0v) is 14.7. The van der Waals surface area contributed by atoms with Crippen molar-refractivity contribution in [3.05, 3.63) is 71.2 Å². The van der Waals surface area contributed by atoms with Gasteiger partial charge in [-0.25, -0.2) is 0 Å². The molecule has 0 aliphatic rings. The van der Waals surface area contributed by atoms with Crippen LogP contribution in [0.2, 0.25) is 0 Å². The Morgan fingerprint density at radius 3 is 2.76 bits per heavy atom. The number of aryl methyl sites for hydroxylation is 1. The zero-order chi connectivity index (χ0) is 18.2. The highest BCUT2D eigenvalue weighted by Gasteiger charge is 2.11. The van der Waals surface area contributed by atoms with E-state index in [1.165, 1.54) is 6.20 Å². The molecule has 5 heteroatoms. The molecule has 0 spiro atoms. The number of hydrogen-bond acceptors (Lipinski definition) is 4. The minimum atomic E-state index is -0.418. The van der Waals surface area contributed by atoms with E-state index >= 15 is 0 Å². The summed E-state index contributed by atoms with van der Waals surface area (Å²) < 4.78 is 0. The lowest BCUT2D eigenvalue weighted by Crippen LogP contribution is -2.24. The van der Waals surface area contributed by atoms with Crippen LogP contribution in [0, 0.1) is 18.3 Å². The van der Waals surface area contributed by atoms with E-state index in [-0.39, 0.29) is 5.57 Å². The number of para-hydroxylation sites is 1. The number of anilines is 1. The Kier molecular flexibility index (Phi) is 6.30. The fraction of sp³-hybridized carbons (Fsp3) is 0.250. The standard InChI is InChI=1S/C20H22N4O/c1-14(2)18-8-4-6-15(3)19(18)23-13-17(10-21)20(25)24-12-16-7-5-9-22-11-16/h4-9,11,13-14,23H,12H2,1-3H3,(H,24,25)/b17-13-. The Labute approximate surface area is 148 Å². The maximum atomic E-state index is 12.2. The van der Waals surface area contributed by atoms with Gasteiger partial charge in [0.2, 0.25) is 0 Å². The average Bonchev–Trinajstić information content (AvgIpc) is 2.62. The van der Waals surface area contributed by atoms with E-state index in [1.807, 2.05) is 37.3 Å². The number of rotatable bonds is 6. The van der Waals surface area contributed by atoms with E-state index in [0.717, 1.165) is 22.4 Å². The van der Waals surface area contributed by atoms with Crippen molar-refractivity contribution in [2.24, 2.45) is 0 Å². The number of benzene rings is 1. The topological polar surface area (TPSA) is 77.8 Å². The van der Waals surface area contributed by atoms with Crippen LogP contribution in [0.3, 0.4) is 0 Å². The monoisotopic (exact) mass is 334 g/mol. The fourth-order valence-electron chi connectivity index (χ4n) is 2.44. The van der Waals surface area contributed by atoms with Gasteiger partial charge in [0.05, 0.1) is 0 Å². The first kappa shape index (κ1) is 18.2. The van der Waals surface area contributed by atoms with Gasteiger partial charge in [0.25, 0.3) is 5.91 Å². The first-order chi connectivity index (χ1) is 12.0. The highest BCUT2D eigenvalue weighted by molar-refractivity contribution is 5.97. The number of pyridine rings is 1. The maximum Gasteiger partial charge on any atom is 0.263 e. The molecule has 0 aliphatic heterocycles. The predicted molar refractivity (Wildman–Crippen MR) is 98.7 cm³/mol. The molecule has 0 radical (unpaired) electrons. The van der Waals surface area contributed by atoms with Crippen molar-refractivity contribution < 1.29 is 4.79 Å². The zero-order valence-electron chi connectivity index (χ0n) is 14.7. The van der Waals surface area contributed by atoms with Crippen molar-refractivity contribution in [2.75, 3.05) is 5.32 Å². The summed E-state index contributed by atoms with van der Waals surface area (Å²) in [7, 11) is 0. The van der Waals surface area contributed by atoms with Gasteiger partial charge in [-0.05, 0) is 35.6 Å². The minimum Gasteiger partial charge on any atom is -0.360 e. The highest BCUT2D eigenvalue weighted by Crippen LogP contribution is 2.27. The lowest BCUT2D eigenvalue weighted by atomic mass is 9.98. The van der Waals surface area contributed by atoms with Gasteiger partial charge in [0, 0.05) is 30.8 Å². The molecular formula is C20H22N4O. The van der Waals surface area contributed by atoms with E-state index in [4.69, 9.17) is 0 Å². The second-order valence-electron chi connectivity index (χ2n) is 6.05. The maximum absolute atomic E-state index is 12.2. The van der Waals surface area contributed by atoms with Gasteiger partial charge >= 0.3 is 0 Å². The Hall–Kier alpha value is -3.13. The molecule has 0 saturated carbocycles. The molecule has 0 atom stereocenters. The second kappa shape index (κ2) is 8.65. The van der Waals surface area contributed by atoms with Crippen LogP contribution < -0.4 is 10.6 Å². The third-order valence-electron chi connectivity index (χ3n) is 3.83. The average molecular weight is 334 g/mol. The Bertz CT molecular complexity index is 804. The Morgan fingerprint density at radius 1 is 1.32 bits per heavy atom. The van der Waals surface area contributed by atoms with E-state index < -0.39 is 5.91 Å². The summed E-state index contributed by atoms with van der Waals surface area (Å²) >= 11 is 0. The summed E-state index contributed by atoms with van der Waals surface area (Å²) in [5.74, 6) is -0.0840. The quantitative estimate of drug-likeness (QED) is 0.624. The number of hydrogen-bond donors (Lipinski definition) is 2. The largest absolute Gasteiger partial charge is 0.360 e. The normalized spacial score (nSPS) is 11.1. The molecule has 1 aromatic carbocycles. The van der Waals surface area contributed by atoms with Crippen LogP contribution in [0.15, 0.2) is 54.5 Å². The van der Waals surface area contributed by atoms with E-state index in [9.17, 15) is 10.1 Å². The molecule has 2 rings (SSSR count). The Balaban J connectivity index is 2.10. The molecule has 5 nitrogen and oxygen atoms in total. The van der Waals surface area contributed by atoms with Crippen LogP contribution in [0.5, 0.6) is 0 Å². The third kappa shape index (κ3) is 4.92. The predicted octanol–water partition coefficient (Wildman–Crippen LogP) is 3.65. The van der Waals surface area contributed by atoms with Crippen molar-refractivity contribution in [1.82, 2.24) is 10.3 Å². The van der Waals surface area contributed by atoms with Crippen molar-refractivity contribution in [3.63, 3.8) is 0 Å². The summed E-state index contributed by atoms with van der Waals surface area (Å²) in [6.07, 6.45) is 4.81. The van der Waals surface area contributed by atoms with Gasteiger partial charge in [0.1, 0.15) is 11.6 Å². The number of nitriles is 1. The van der Waals surface area contributed by atoms with Crippen molar-refractivity contribution in [3.8, 4) is 6.07 Å². The fourth-order valence-corrected chi connectivity index (χ4v) is 2.44. The molecule has 0 bridgehead atoms. The molecule has 2 N–H and O–H groups in total. The second-order valence-corrected chi connectivity index (χ2v) is 6.05. The molecule has 0 saturated heterocycles. The van der Waals surface area contributed by atoms with E-state index in [2.05, 4.69) is 29.5 Å². The molecule has 1 heterocycles. The number of amides is 1. The summed E-state index contributed by atoms with van der Waals surface area (Å²) in [6.45, 7) is 6.54. The van der Waals surface area contributed by atoms with Crippen LogP contribution >= 0.6 is 0 Å². The van der Waals surface area contributed by atoms with Crippen LogP contribution in [0.1, 0.15) is 36.5 Å². The van der Waals surface area contributed by atoms with Crippen LogP contribution in [-0.2, 0) is 11.3 Å². The molecule has 0 fully saturated rings. The van der Waals surface area contributed by atoms with Gasteiger partial charge in [0.15, 0.2) is 0 Å². The van der Waals surface area contributed by atoms with Crippen molar-refractivity contribution >= 4 is 11.6 Å². The van der Waals surface area contributed by atoms with Crippen molar-refractivity contribution in [1.29, 1.82) is 5.26 Å². The van der Waals surface area contributed by atoms with Gasteiger partial charge in [-0.2, -0.15) is 5.26 Å². The van der Waals surface area contributed by atoms with Crippen LogP contribution in [0.4, 0.5) is 5.69 Å². The Morgan fingerprint density at radius 2 is 2.12 bits per heavy atom. The number of aromatic nitrogens is 1. The summed E-state index contributed by atoms with van der Waals surface area (Å²) in [5.41, 5.74) is 4.05. The molecule has 2 aromatic rings. The summed E-state index contributed by atoms with van der Waals surface area (Å²) in [6, 6.07) is 11.7. The molecule has 128 valence electrons. The molecule has 1 amide bonds. The van der Waals surface area contributed by atoms with E-state index in [1.54, 1.807) is 18.5 Å². The van der Waals surface area contributed by atoms with E-state index in [0.29, 0.717) is 12.5 Å². The van der Waals surface area contributed by atoms with Gasteiger partial charge < -0.3 is 10.6 Å². The summed E-state index contributed by atoms with van der Waals surface area (Å²) in [5, 5.41) is 15.2. The molecular weight excluding hydrogens is 312 g/mol. The molecule has 0 aliphatic carbocycles. The lowest BCUT2D eigenvalue weighted by molar-refractivity contribution is -0.117. The molecule has 1 aromatic heterocycles. The number of nitrogens with one attached hydrogen (secondary N) is 2. The highest BCUT2D eigenvalue weighted by atomic mass is 16.1. The number of nitrogens with zero attached hydrogens (tertiary/aromatic N) is 2. The van der Waals surface area contributed by atoms with Crippen LogP contribution in [0.25, 0.3) is 0 Å². The first-order valence-electron chi connectivity index (χ1n) is 8.16. The minimum absolute atomic E-state index is 0.0295. The smallest absolute Gasteiger partial charge is 0.263 e. The summed E-state index contributed by atoms with van der Waals surface area (Å²) in [4.78, 5) is 16.2. The first-order valence-corrected chi connectivity index (χ1v) is 8.16. The molecule has 25 heavy (non-hydrogen) atoms.